The fourth-order valence-electron chi connectivity index (χ4n) is 0.0289. The van der Waals surface area contributed by atoms with Crippen LogP contribution in [0, 0.1) is 22.5 Å². The van der Waals surface area contributed by atoms with Crippen LogP contribution in [0.5, 0.6) is 0 Å². The average molecular weight is 102 g/mol. The minimum atomic E-state index is -1.70. The molecule has 0 fully saturated rings. The SMILES string of the molecule is N#CB([O-])C#N.[Na+]. The van der Waals surface area contributed by atoms with Crippen LogP contribution in [-0.2, 0) is 0 Å². The molecule has 0 aliphatic rings. The summed E-state index contributed by atoms with van der Waals surface area (Å²) in [6.07, 6.45) is 0. The molecule has 3 nitrogen and oxygen atoms in total. The summed E-state index contributed by atoms with van der Waals surface area (Å²) in [5.41, 5.74) is 0. The predicted octanol–water partition coefficient (Wildman–Crippen LogP) is -4.53. The normalized spacial score (nSPS) is 4.43. The molecule has 0 aromatic carbocycles. The van der Waals surface area contributed by atoms with Gasteiger partial charge in [-0.05, 0) is 11.9 Å². The molecule has 0 rings (SSSR count). The van der Waals surface area contributed by atoms with Gasteiger partial charge in [0.25, 0.3) is 6.92 Å². The second-order valence-electron chi connectivity index (χ2n) is 0.638. The Morgan fingerprint density at radius 3 is 1.57 bits per heavy atom. The van der Waals surface area contributed by atoms with Gasteiger partial charge in [-0.1, -0.05) is 0 Å². The van der Waals surface area contributed by atoms with Crippen molar-refractivity contribution in [3.8, 4) is 11.9 Å². The Bertz CT molecular complexity index is 99.8. The van der Waals surface area contributed by atoms with Gasteiger partial charge in [-0.3, -0.25) is 0 Å². The maximum atomic E-state index is 9.54. The summed E-state index contributed by atoms with van der Waals surface area (Å²) in [6, 6.07) is 0. The smallest absolute Gasteiger partial charge is 0.855 e. The molecule has 7 heavy (non-hydrogen) atoms. The number of nitrogens with zero attached hydrogens (tertiary/aromatic N) is 2. The van der Waals surface area contributed by atoms with E-state index in [2.05, 4.69) is 0 Å². The van der Waals surface area contributed by atoms with Gasteiger partial charge in [-0.2, -0.15) is 0 Å². The minimum absolute atomic E-state index is 0. The topological polar surface area (TPSA) is 70.6 Å². The van der Waals surface area contributed by atoms with Gasteiger partial charge in [0.05, 0.1) is 0 Å². The van der Waals surface area contributed by atoms with Crippen molar-refractivity contribution < 1.29 is 34.6 Å². The molecule has 0 saturated heterocycles. The zero-order valence-electron chi connectivity index (χ0n) is 3.88. The second kappa shape index (κ2) is 6.00. The van der Waals surface area contributed by atoms with Gasteiger partial charge in [0, 0.05) is 0 Å². The van der Waals surface area contributed by atoms with Crippen molar-refractivity contribution in [3.63, 3.8) is 0 Å². The van der Waals surface area contributed by atoms with Crippen LogP contribution in [0.25, 0.3) is 0 Å². The summed E-state index contributed by atoms with van der Waals surface area (Å²) < 4.78 is 0. The predicted molar refractivity (Wildman–Crippen MR) is 17.0 cm³/mol. The van der Waals surface area contributed by atoms with Gasteiger partial charge in [-0.25, -0.2) is 10.5 Å². The van der Waals surface area contributed by atoms with Crippen molar-refractivity contribution in [1.82, 2.24) is 0 Å². The van der Waals surface area contributed by atoms with Crippen molar-refractivity contribution in [1.29, 1.82) is 10.5 Å². The van der Waals surface area contributed by atoms with Crippen molar-refractivity contribution in [2.24, 2.45) is 0 Å². The van der Waals surface area contributed by atoms with E-state index in [0.717, 1.165) is 0 Å². The molecule has 0 aromatic rings. The van der Waals surface area contributed by atoms with Crippen LogP contribution >= 0.6 is 0 Å². The van der Waals surface area contributed by atoms with E-state index >= 15 is 0 Å². The Morgan fingerprint density at radius 2 is 1.57 bits per heavy atom. The van der Waals surface area contributed by atoms with E-state index < -0.39 is 6.92 Å². The maximum absolute atomic E-state index is 9.54. The molecule has 0 amide bonds. The molecule has 5 heteroatoms. The first-order valence-electron chi connectivity index (χ1n) is 1.26. The van der Waals surface area contributed by atoms with Gasteiger partial charge in [0.2, 0.25) is 0 Å². The summed E-state index contributed by atoms with van der Waals surface area (Å²) in [7, 11) is 0. The third-order valence-corrected chi connectivity index (χ3v) is 0.235. The summed E-state index contributed by atoms with van der Waals surface area (Å²) in [5, 5.41) is 24.6. The van der Waals surface area contributed by atoms with Crippen LogP contribution in [0.1, 0.15) is 0 Å². The summed E-state index contributed by atoms with van der Waals surface area (Å²) >= 11 is 0. The minimum Gasteiger partial charge on any atom is -0.855 e. The number of rotatable bonds is 0. The largest absolute Gasteiger partial charge is 1.00 e. The first kappa shape index (κ1) is 10.1. The van der Waals surface area contributed by atoms with E-state index in [0.29, 0.717) is 0 Å². The third kappa shape index (κ3) is 6.00. The first-order chi connectivity index (χ1) is 2.81. The molecule has 0 aliphatic carbocycles. The molecule has 0 spiro atoms. The quantitative estimate of drug-likeness (QED) is 0.289. The Hall–Kier alpha value is 0.00494. The summed E-state index contributed by atoms with van der Waals surface area (Å²) in [6.45, 7) is -1.70. The monoisotopic (exact) mass is 102 g/mol. The second-order valence-corrected chi connectivity index (χ2v) is 0.638. The zero-order chi connectivity index (χ0) is 4.99. The maximum Gasteiger partial charge on any atom is 1.00 e. The Labute approximate surface area is 64.0 Å². The van der Waals surface area contributed by atoms with Crippen LogP contribution in [-0.4, -0.2) is 6.92 Å². The van der Waals surface area contributed by atoms with Gasteiger partial charge in [-0.15, -0.1) is 0 Å². The molecule has 0 atom stereocenters. The molecule has 0 aromatic heterocycles. The number of nitriles is 2. The van der Waals surface area contributed by atoms with Gasteiger partial charge in [0.1, 0.15) is 0 Å². The van der Waals surface area contributed by atoms with E-state index in [1.165, 1.54) is 11.9 Å². The van der Waals surface area contributed by atoms with Crippen molar-refractivity contribution in [3.05, 3.63) is 0 Å². The Morgan fingerprint density at radius 1 is 1.29 bits per heavy atom. The van der Waals surface area contributed by atoms with Crippen molar-refractivity contribution >= 4 is 6.92 Å². The van der Waals surface area contributed by atoms with E-state index in [1.54, 1.807) is 0 Å². The molecule has 0 saturated carbocycles. The van der Waals surface area contributed by atoms with Crippen LogP contribution in [0.4, 0.5) is 0 Å². The molecule has 0 unspecified atom stereocenters. The first-order valence-corrected chi connectivity index (χ1v) is 1.26. The van der Waals surface area contributed by atoms with Gasteiger partial charge in [0.15, 0.2) is 0 Å². The molecular formula is C2BN2NaO. The van der Waals surface area contributed by atoms with E-state index in [1.807, 2.05) is 0 Å². The van der Waals surface area contributed by atoms with Crippen molar-refractivity contribution in [2.45, 2.75) is 0 Å². The van der Waals surface area contributed by atoms with Crippen LogP contribution in [0.2, 0.25) is 0 Å². The summed E-state index contributed by atoms with van der Waals surface area (Å²) in [5.74, 6) is 2.40. The van der Waals surface area contributed by atoms with Crippen LogP contribution in [0.3, 0.4) is 0 Å². The van der Waals surface area contributed by atoms with Crippen molar-refractivity contribution in [2.75, 3.05) is 0 Å². The number of hydrogen-bond acceptors (Lipinski definition) is 3. The summed E-state index contributed by atoms with van der Waals surface area (Å²) in [4.78, 5) is 0. The average Bonchev–Trinajstić information content (AvgIpc) is 1.65. The molecule has 28 valence electrons. The zero-order valence-corrected chi connectivity index (χ0v) is 5.88. The van der Waals surface area contributed by atoms with E-state index in [4.69, 9.17) is 10.5 Å². The molecule has 0 aliphatic heterocycles. The van der Waals surface area contributed by atoms with Gasteiger partial charge >= 0.3 is 29.6 Å². The Balaban J connectivity index is 0. The third-order valence-electron chi connectivity index (χ3n) is 0.235. The Kier molecular flexibility index (Phi) is 8.65. The van der Waals surface area contributed by atoms with Gasteiger partial charge < -0.3 is 5.02 Å². The molecule has 0 N–H and O–H groups in total. The number of hydrogen-bond donors (Lipinski definition) is 0. The molecule has 0 heterocycles. The molecule has 0 bridgehead atoms. The molecular weight excluding hydrogens is 102 g/mol. The fraction of sp³-hybridized carbons (Fsp3) is 0. The van der Waals surface area contributed by atoms with Crippen LogP contribution < -0.4 is 34.6 Å². The standard InChI is InChI=1S/C2BN2O.Na/c4-1-3(6)2-5;/q-1;+1. The van der Waals surface area contributed by atoms with Crippen LogP contribution in [0.15, 0.2) is 0 Å². The van der Waals surface area contributed by atoms with E-state index in [9.17, 15) is 5.02 Å². The fourth-order valence-corrected chi connectivity index (χ4v) is 0.0289. The van der Waals surface area contributed by atoms with E-state index in [-0.39, 0.29) is 29.6 Å². The molecule has 0 radical (unpaired) electrons.